The van der Waals surface area contributed by atoms with Crippen molar-refractivity contribution in [3.63, 3.8) is 0 Å². The van der Waals surface area contributed by atoms with Gasteiger partial charge >= 0.3 is 36.1 Å². The van der Waals surface area contributed by atoms with Crippen molar-refractivity contribution >= 4 is 15.4 Å². The molecule has 0 aliphatic rings. The molecule has 0 aromatic carbocycles. The van der Waals surface area contributed by atoms with Crippen molar-refractivity contribution in [2.24, 2.45) is 0 Å². The van der Waals surface area contributed by atoms with Gasteiger partial charge in [-0.1, -0.05) is 0 Å². The van der Waals surface area contributed by atoms with E-state index < -0.39 is 15.4 Å². The number of aliphatic hydroxyl groups is 1. The summed E-state index contributed by atoms with van der Waals surface area (Å²) in [5.41, 5.74) is 0. The van der Waals surface area contributed by atoms with E-state index in [1.807, 2.05) is 0 Å². The number of aliphatic hydroxyl groups excluding tert-OH is 1. The molecule has 0 bridgehead atoms. The second-order valence-corrected chi connectivity index (χ2v) is 2.59. The van der Waals surface area contributed by atoms with Crippen molar-refractivity contribution in [2.45, 2.75) is 5.25 Å². The van der Waals surface area contributed by atoms with Gasteiger partial charge in [0.2, 0.25) is 0 Å². The standard InChI is InChI=1S/C2H6GeO2/c4-2-1-3-5/h3-4H,1-2H2. The Bertz CT molecular complexity index is 28.8. The fourth-order valence-corrected chi connectivity index (χ4v) is 0.274. The first-order valence-electron chi connectivity index (χ1n) is 1.46. The predicted molar refractivity (Wildman–Crippen MR) is 19.7 cm³/mol. The molecule has 30 valence electrons. The van der Waals surface area contributed by atoms with Crippen LogP contribution in [0.3, 0.4) is 0 Å². The van der Waals surface area contributed by atoms with E-state index in [-0.39, 0.29) is 6.61 Å². The van der Waals surface area contributed by atoms with E-state index in [0.29, 0.717) is 5.25 Å². The molecule has 1 N–H and O–H groups in total. The van der Waals surface area contributed by atoms with Crippen LogP contribution in [-0.2, 0) is 3.78 Å². The molecule has 0 spiro atoms. The van der Waals surface area contributed by atoms with Crippen LogP contribution in [0.2, 0.25) is 5.25 Å². The first kappa shape index (κ1) is 5.30. The zero-order valence-electron chi connectivity index (χ0n) is 2.85. The van der Waals surface area contributed by atoms with Gasteiger partial charge in [-0.05, 0) is 0 Å². The average Bonchev–Trinajstić information content (AvgIpc) is 1.41. The maximum atomic E-state index is 9.53. The summed E-state index contributed by atoms with van der Waals surface area (Å²) in [7, 11) is 0. The van der Waals surface area contributed by atoms with Gasteiger partial charge in [0, 0.05) is 0 Å². The molecule has 0 saturated heterocycles. The van der Waals surface area contributed by atoms with Gasteiger partial charge in [-0.15, -0.1) is 0 Å². The van der Waals surface area contributed by atoms with Crippen molar-refractivity contribution in [3.8, 4) is 0 Å². The molecular formula is C2H6GeO2. The van der Waals surface area contributed by atoms with Gasteiger partial charge in [-0.2, -0.15) is 0 Å². The molecule has 5 heavy (non-hydrogen) atoms. The Morgan fingerprint density at radius 3 is 2.40 bits per heavy atom. The van der Waals surface area contributed by atoms with Crippen molar-refractivity contribution < 1.29 is 8.88 Å². The van der Waals surface area contributed by atoms with E-state index in [1.54, 1.807) is 0 Å². The molecular weight excluding hydrogens is 129 g/mol. The van der Waals surface area contributed by atoms with Crippen LogP contribution in [0.15, 0.2) is 0 Å². The molecule has 0 aliphatic heterocycles. The summed E-state index contributed by atoms with van der Waals surface area (Å²) >= 11 is -1.20. The molecule has 2 nitrogen and oxygen atoms in total. The van der Waals surface area contributed by atoms with Gasteiger partial charge in [0.1, 0.15) is 0 Å². The molecule has 0 aromatic heterocycles. The Hall–Kier alpha value is 0.303. The molecule has 0 amide bonds. The summed E-state index contributed by atoms with van der Waals surface area (Å²) in [6, 6.07) is 0. The van der Waals surface area contributed by atoms with Crippen molar-refractivity contribution in [2.75, 3.05) is 6.61 Å². The van der Waals surface area contributed by atoms with Crippen molar-refractivity contribution in [3.05, 3.63) is 0 Å². The molecule has 0 aliphatic carbocycles. The van der Waals surface area contributed by atoms with Gasteiger partial charge in [-0.25, -0.2) is 0 Å². The third-order valence-corrected chi connectivity index (χ3v) is 1.28. The van der Waals surface area contributed by atoms with Crippen LogP contribution in [0.5, 0.6) is 0 Å². The topological polar surface area (TPSA) is 37.3 Å². The fraction of sp³-hybridized carbons (Fsp3) is 1.00. The molecule has 0 aromatic rings. The number of hydrogen-bond acceptors (Lipinski definition) is 2. The molecule has 0 unspecified atom stereocenters. The Morgan fingerprint density at radius 1 is 1.80 bits per heavy atom. The molecule has 0 radical (unpaired) electrons. The second kappa shape index (κ2) is 4.30. The van der Waals surface area contributed by atoms with E-state index in [9.17, 15) is 3.78 Å². The zero-order valence-corrected chi connectivity index (χ0v) is 5.27. The minimum atomic E-state index is -1.20. The summed E-state index contributed by atoms with van der Waals surface area (Å²) in [6.45, 7) is 0.101. The first-order valence-corrected chi connectivity index (χ1v) is 4.16. The Morgan fingerprint density at radius 2 is 2.40 bits per heavy atom. The number of hydrogen-bond donors (Lipinski definition) is 1. The quantitative estimate of drug-likeness (QED) is 0.502. The Labute approximate surface area is 36.9 Å². The SMILES string of the molecule is [O]=[GeH][CH2]CO. The van der Waals surface area contributed by atoms with Gasteiger partial charge < -0.3 is 0 Å². The predicted octanol–water partition coefficient (Wildman–Crippen LogP) is -0.821. The maximum absolute atomic E-state index is 9.53. The van der Waals surface area contributed by atoms with E-state index >= 15 is 0 Å². The normalized spacial score (nSPS) is 7.40. The van der Waals surface area contributed by atoms with E-state index in [4.69, 9.17) is 5.11 Å². The second-order valence-electron chi connectivity index (χ2n) is 0.679. The van der Waals surface area contributed by atoms with E-state index in [2.05, 4.69) is 0 Å². The van der Waals surface area contributed by atoms with Gasteiger partial charge in [0.05, 0.1) is 0 Å². The molecule has 0 rings (SSSR count). The van der Waals surface area contributed by atoms with Crippen molar-refractivity contribution in [1.29, 1.82) is 0 Å². The zero-order chi connectivity index (χ0) is 4.12. The number of rotatable bonds is 2. The summed E-state index contributed by atoms with van der Waals surface area (Å²) in [5, 5.41) is 8.45. The molecule has 3 heteroatoms. The van der Waals surface area contributed by atoms with Crippen LogP contribution in [0.1, 0.15) is 0 Å². The monoisotopic (exact) mass is 136 g/mol. The molecule has 0 saturated carbocycles. The third kappa shape index (κ3) is 4.30. The summed E-state index contributed by atoms with van der Waals surface area (Å²) < 4.78 is 9.53. The molecule has 0 heterocycles. The van der Waals surface area contributed by atoms with Crippen LogP contribution in [0.25, 0.3) is 0 Å². The third-order valence-electron chi connectivity index (χ3n) is 0.247. The Balaban J connectivity index is 2.40. The van der Waals surface area contributed by atoms with Crippen LogP contribution in [-0.4, -0.2) is 27.1 Å². The summed E-state index contributed by atoms with van der Waals surface area (Å²) in [4.78, 5) is 0. The average molecular weight is 135 g/mol. The van der Waals surface area contributed by atoms with Crippen LogP contribution in [0, 0.1) is 0 Å². The fourth-order valence-electron chi connectivity index (χ4n) is 0.0527. The van der Waals surface area contributed by atoms with E-state index in [1.165, 1.54) is 0 Å². The summed E-state index contributed by atoms with van der Waals surface area (Å²) in [5.74, 6) is 0. The molecule has 0 fully saturated rings. The molecule has 0 atom stereocenters. The minimum absolute atomic E-state index is 0.101. The van der Waals surface area contributed by atoms with Crippen LogP contribution >= 0.6 is 0 Å². The first-order chi connectivity index (χ1) is 2.41. The van der Waals surface area contributed by atoms with Gasteiger partial charge in [-0.3, -0.25) is 0 Å². The van der Waals surface area contributed by atoms with Crippen LogP contribution < -0.4 is 0 Å². The van der Waals surface area contributed by atoms with Gasteiger partial charge in [0.15, 0.2) is 0 Å². The summed E-state index contributed by atoms with van der Waals surface area (Å²) in [6.07, 6.45) is 0. The van der Waals surface area contributed by atoms with Crippen molar-refractivity contribution in [1.82, 2.24) is 0 Å². The van der Waals surface area contributed by atoms with E-state index in [0.717, 1.165) is 0 Å². The van der Waals surface area contributed by atoms with Gasteiger partial charge in [0.25, 0.3) is 0 Å². The Kier molecular flexibility index (Phi) is 4.56. The van der Waals surface area contributed by atoms with Crippen LogP contribution in [0.4, 0.5) is 0 Å².